The normalized spacial score (nSPS) is 9.36. The van der Waals surface area contributed by atoms with Gasteiger partial charge < -0.3 is 10.1 Å². The number of rotatable bonds is 5. The van der Waals surface area contributed by atoms with E-state index in [1.54, 1.807) is 48.5 Å². The summed E-state index contributed by atoms with van der Waals surface area (Å²) in [6, 6.07) is 17.7. The van der Waals surface area contributed by atoms with Gasteiger partial charge in [0.2, 0.25) is 0 Å². The number of carbonyl (C=O) groups excluding carboxylic acids is 1. The lowest BCUT2D eigenvalue weighted by atomic mass is 10.2. The Balaban J connectivity index is 1.87. The van der Waals surface area contributed by atoms with Gasteiger partial charge in [0.05, 0.1) is 24.1 Å². The van der Waals surface area contributed by atoms with Crippen LogP contribution in [0.5, 0.6) is 5.75 Å². The Hall–Kier alpha value is -3.31. The summed E-state index contributed by atoms with van der Waals surface area (Å²) in [5.41, 5.74) is 1.93. The van der Waals surface area contributed by atoms with Crippen LogP contribution in [0.4, 0.5) is 5.69 Å². The van der Waals surface area contributed by atoms with Crippen molar-refractivity contribution in [3.63, 3.8) is 0 Å². The molecule has 5 heteroatoms. The lowest BCUT2D eigenvalue weighted by Gasteiger charge is -2.08. The first kappa shape index (κ1) is 15.1. The van der Waals surface area contributed by atoms with Gasteiger partial charge in [0, 0.05) is 5.69 Å². The maximum atomic E-state index is 11.8. The molecule has 22 heavy (non-hydrogen) atoms. The molecule has 0 radical (unpaired) electrons. The van der Waals surface area contributed by atoms with Crippen molar-refractivity contribution in [2.75, 3.05) is 11.9 Å². The quantitative estimate of drug-likeness (QED) is 0.917. The molecule has 0 saturated carbocycles. The highest BCUT2D eigenvalue weighted by Crippen LogP contribution is 2.13. The summed E-state index contributed by atoms with van der Waals surface area (Å²) in [5.74, 6) is 0.249. The van der Waals surface area contributed by atoms with Crippen LogP contribution in [0.2, 0.25) is 0 Å². The van der Waals surface area contributed by atoms with Gasteiger partial charge in [-0.1, -0.05) is 18.2 Å². The van der Waals surface area contributed by atoms with Crippen LogP contribution in [0, 0.1) is 22.7 Å². The van der Waals surface area contributed by atoms with E-state index in [9.17, 15) is 4.79 Å². The summed E-state index contributed by atoms with van der Waals surface area (Å²) in [4.78, 5) is 11.8. The molecular formula is C17H13N3O2. The standard InChI is InChI=1S/C17H13N3O2/c18-9-8-13-4-6-16(7-5-13)22-12-17(21)20-15-3-1-2-14(10-15)11-19/h1-7,10H,8,12H2,(H,20,21). The zero-order chi connectivity index (χ0) is 15.8. The highest BCUT2D eigenvalue weighted by molar-refractivity contribution is 5.92. The van der Waals surface area contributed by atoms with E-state index in [0.29, 0.717) is 23.4 Å². The molecule has 0 aromatic heterocycles. The van der Waals surface area contributed by atoms with Crippen molar-refractivity contribution in [3.8, 4) is 17.9 Å². The van der Waals surface area contributed by atoms with Crippen molar-refractivity contribution >= 4 is 11.6 Å². The van der Waals surface area contributed by atoms with Gasteiger partial charge in [-0.2, -0.15) is 10.5 Å². The summed E-state index contributed by atoms with van der Waals surface area (Å²) in [6.45, 7) is -0.131. The highest BCUT2D eigenvalue weighted by atomic mass is 16.5. The Morgan fingerprint density at radius 2 is 1.91 bits per heavy atom. The molecule has 2 aromatic carbocycles. The number of hydrogen-bond donors (Lipinski definition) is 1. The number of nitrogens with zero attached hydrogens (tertiary/aromatic N) is 2. The molecule has 0 bridgehead atoms. The zero-order valence-electron chi connectivity index (χ0n) is 11.7. The number of carbonyl (C=O) groups is 1. The predicted molar refractivity (Wildman–Crippen MR) is 81.0 cm³/mol. The first-order chi connectivity index (χ1) is 10.7. The fourth-order valence-corrected chi connectivity index (χ4v) is 1.81. The smallest absolute Gasteiger partial charge is 0.262 e. The second-order valence-electron chi connectivity index (χ2n) is 4.51. The van der Waals surface area contributed by atoms with Gasteiger partial charge in [0.15, 0.2) is 6.61 Å². The summed E-state index contributed by atoms with van der Waals surface area (Å²) in [6.07, 6.45) is 0.343. The number of nitriles is 2. The van der Waals surface area contributed by atoms with Crippen LogP contribution < -0.4 is 10.1 Å². The molecule has 0 aliphatic heterocycles. The third kappa shape index (κ3) is 4.36. The number of nitrogens with one attached hydrogen (secondary N) is 1. The maximum Gasteiger partial charge on any atom is 0.262 e. The molecule has 5 nitrogen and oxygen atoms in total. The summed E-state index contributed by atoms with van der Waals surface area (Å²) in [7, 11) is 0. The van der Waals surface area contributed by atoms with Gasteiger partial charge in [0.1, 0.15) is 5.75 Å². The van der Waals surface area contributed by atoms with E-state index in [0.717, 1.165) is 5.56 Å². The van der Waals surface area contributed by atoms with E-state index in [-0.39, 0.29) is 12.5 Å². The van der Waals surface area contributed by atoms with Crippen LogP contribution >= 0.6 is 0 Å². The first-order valence-electron chi connectivity index (χ1n) is 6.60. The minimum absolute atomic E-state index is 0.131. The Kier molecular flexibility index (Phi) is 5.12. The molecule has 0 aliphatic rings. The molecule has 0 unspecified atom stereocenters. The van der Waals surface area contributed by atoms with Crippen LogP contribution in [-0.4, -0.2) is 12.5 Å². The van der Waals surface area contributed by atoms with Crippen LogP contribution in [0.3, 0.4) is 0 Å². The molecule has 108 valence electrons. The predicted octanol–water partition coefficient (Wildman–Crippen LogP) is 2.64. The molecule has 0 atom stereocenters. The van der Waals surface area contributed by atoms with Gasteiger partial charge in [-0.05, 0) is 35.9 Å². The Morgan fingerprint density at radius 3 is 2.59 bits per heavy atom. The van der Waals surface area contributed by atoms with E-state index in [1.807, 2.05) is 6.07 Å². The SMILES string of the molecule is N#CCc1ccc(OCC(=O)Nc2cccc(C#N)c2)cc1. The van der Waals surface area contributed by atoms with Crippen molar-refractivity contribution in [2.45, 2.75) is 6.42 Å². The van der Waals surface area contributed by atoms with Crippen LogP contribution in [0.25, 0.3) is 0 Å². The van der Waals surface area contributed by atoms with E-state index < -0.39 is 0 Å². The average Bonchev–Trinajstić information content (AvgIpc) is 2.55. The van der Waals surface area contributed by atoms with Crippen molar-refractivity contribution in [1.82, 2.24) is 0 Å². The van der Waals surface area contributed by atoms with Crippen LogP contribution in [-0.2, 0) is 11.2 Å². The van der Waals surface area contributed by atoms with Crippen molar-refractivity contribution in [1.29, 1.82) is 10.5 Å². The number of hydrogen-bond acceptors (Lipinski definition) is 4. The van der Waals surface area contributed by atoms with E-state index in [4.69, 9.17) is 15.3 Å². The minimum Gasteiger partial charge on any atom is -0.484 e. The molecule has 1 amide bonds. The molecule has 0 saturated heterocycles. The fourth-order valence-electron chi connectivity index (χ4n) is 1.81. The van der Waals surface area contributed by atoms with Gasteiger partial charge in [-0.3, -0.25) is 4.79 Å². The molecular weight excluding hydrogens is 278 g/mol. The van der Waals surface area contributed by atoms with Crippen molar-refractivity contribution < 1.29 is 9.53 Å². The summed E-state index contributed by atoms with van der Waals surface area (Å²) < 4.78 is 5.37. The maximum absolute atomic E-state index is 11.8. The monoisotopic (exact) mass is 291 g/mol. The Morgan fingerprint density at radius 1 is 1.14 bits per heavy atom. The molecule has 0 heterocycles. The second-order valence-corrected chi connectivity index (χ2v) is 4.51. The Bertz CT molecular complexity index is 740. The number of anilines is 1. The largest absolute Gasteiger partial charge is 0.484 e. The van der Waals surface area contributed by atoms with Gasteiger partial charge in [0.25, 0.3) is 5.91 Å². The van der Waals surface area contributed by atoms with Crippen LogP contribution in [0.1, 0.15) is 11.1 Å². The van der Waals surface area contributed by atoms with E-state index >= 15 is 0 Å². The molecule has 1 N–H and O–H groups in total. The molecule has 0 spiro atoms. The Labute approximate surface area is 128 Å². The molecule has 2 rings (SSSR count). The lowest BCUT2D eigenvalue weighted by Crippen LogP contribution is -2.20. The summed E-state index contributed by atoms with van der Waals surface area (Å²) >= 11 is 0. The fraction of sp³-hybridized carbons (Fsp3) is 0.118. The topological polar surface area (TPSA) is 85.9 Å². The third-order valence-electron chi connectivity index (χ3n) is 2.85. The number of benzene rings is 2. The third-order valence-corrected chi connectivity index (χ3v) is 2.85. The second kappa shape index (κ2) is 7.47. The minimum atomic E-state index is -0.309. The van der Waals surface area contributed by atoms with Crippen molar-refractivity contribution in [2.24, 2.45) is 0 Å². The van der Waals surface area contributed by atoms with Crippen molar-refractivity contribution in [3.05, 3.63) is 59.7 Å². The summed E-state index contributed by atoms with van der Waals surface area (Å²) in [5, 5.41) is 20.1. The van der Waals surface area contributed by atoms with E-state index in [2.05, 4.69) is 11.4 Å². The number of ether oxygens (including phenoxy) is 1. The van der Waals surface area contributed by atoms with Gasteiger partial charge in [-0.25, -0.2) is 0 Å². The van der Waals surface area contributed by atoms with Crippen LogP contribution in [0.15, 0.2) is 48.5 Å². The number of amides is 1. The lowest BCUT2D eigenvalue weighted by molar-refractivity contribution is -0.118. The van der Waals surface area contributed by atoms with E-state index in [1.165, 1.54) is 0 Å². The highest BCUT2D eigenvalue weighted by Gasteiger charge is 2.04. The van der Waals surface area contributed by atoms with Gasteiger partial charge >= 0.3 is 0 Å². The average molecular weight is 291 g/mol. The first-order valence-corrected chi connectivity index (χ1v) is 6.60. The van der Waals surface area contributed by atoms with Gasteiger partial charge in [-0.15, -0.1) is 0 Å². The molecule has 0 aliphatic carbocycles. The zero-order valence-corrected chi connectivity index (χ0v) is 11.7. The molecule has 2 aromatic rings. The molecule has 0 fully saturated rings.